The average molecular weight is 369 g/mol. The third-order valence-electron chi connectivity index (χ3n) is 4.82. The van der Waals surface area contributed by atoms with Crippen molar-refractivity contribution < 1.29 is 18.8 Å². The maximum atomic E-state index is 12.3. The van der Waals surface area contributed by atoms with E-state index in [4.69, 9.17) is 4.42 Å². The highest BCUT2D eigenvalue weighted by molar-refractivity contribution is 5.96. The summed E-state index contributed by atoms with van der Waals surface area (Å²) in [5.74, 6) is -0.291. The third-order valence-corrected chi connectivity index (χ3v) is 4.82. The molecule has 27 heavy (non-hydrogen) atoms. The number of nitrogens with one attached hydrogen (secondary N) is 1. The molecule has 7 heteroatoms. The normalized spacial score (nSPS) is 14.1. The van der Waals surface area contributed by atoms with E-state index in [0.29, 0.717) is 37.5 Å². The highest BCUT2D eigenvalue weighted by Gasteiger charge is 2.26. The van der Waals surface area contributed by atoms with Crippen LogP contribution >= 0.6 is 0 Å². The van der Waals surface area contributed by atoms with Crippen molar-refractivity contribution in [1.29, 1.82) is 0 Å². The summed E-state index contributed by atoms with van der Waals surface area (Å²) in [6.45, 7) is 5.62. The van der Waals surface area contributed by atoms with E-state index in [2.05, 4.69) is 5.32 Å². The Morgan fingerprint density at radius 2 is 1.70 bits per heavy atom. The number of rotatable bonds is 4. The number of nitrogens with zero attached hydrogens (tertiary/aromatic N) is 2. The van der Waals surface area contributed by atoms with Gasteiger partial charge in [-0.2, -0.15) is 0 Å². The van der Waals surface area contributed by atoms with Gasteiger partial charge in [0.05, 0.1) is 12.8 Å². The second kappa shape index (κ2) is 8.07. The van der Waals surface area contributed by atoms with E-state index < -0.39 is 0 Å². The monoisotopic (exact) mass is 369 g/mol. The molecule has 1 N–H and O–H groups in total. The van der Waals surface area contributed by atoms with Gasteiger partial charge in [0.25, 0.3) is 11.8 Å². The molecule has 7 nitrogen and oxygen atoms in total. The maximum absolute atomic E-state index is 12.3. The minimum absolute atomic E-state index is 0.0577. The molecule has 0 atom stereocenters. The van der Waals surface area contributed by atoms with E-state index in [1.165, 1.54) is 6.26 Å². The molecular weight excluding hydrogens is 346 g/mol. The smallest absolute Gasteiger partial charge is 0.289 e. The number of carbonyl (C=O) groups excluding carboxylic acids is 3. The summed E-state index contributed by atoms with van der Waals surface area (Å²) in [4.78, 5) is 40.1. The molecule has 0 saturated carbocycles. The van der Waals surface area contributed by atoms with Gasteiger partial charge in [-0.25, -0.2) is 0 Å². The van der Waals surface area contributed by atoms with Crippen LogP contribution in [0.3, 0.4) is 0 Å². The van der Waals surface area contributed by atoms with Gasteiger partial charge in [0, 0.05) is 31.7 Å². The quantitative estimate of drug-likeness (QED) is 0.888. The zero-order valence-electron chi connectivity index (χ0n) is 15.5. The van der Waals surface area contributed by atoms with Gasteiger partial charge in [-0.1, -0.05) is 6.07 Å². The number of carbonyl (C=O) groups is 3. The second-order valence-corrected chi connectivity index (χ2v) is 6.63. The van der Waals surface area contributed by atoms with E-state index in [0.717, 1.165) is 11.1 Å². The van der Waals surface area contributed by atoms with E-state index in [9.17, 15) is 14.4 Å². The van der Waals surface area contributed by atoms with Crippen molar-refractivity contribution in [2.75, 3.05) is 32.7 Å². The standard InChI is InChI=1S/C20H23N3O4/c1-14-5-6-16(12-15(14)2)19(25)21-13-18(24)22-7-9-23(10-8-22)20(26)17-4-3-11-27-17/h3-6,11-12H,7-10,13H2,1-2H3,(H,21,25). The molecule has 1 aliphatic heterocycles. The van der Waals surface area contributed by atoms with E-state index in [-0.39, 0.29) is 24.3 Å². The first-order chi connectivity index (χ1) is 13.0. The number of benzene rings is 1. The van der Waals surface area contributed by atoms with Crippen molar-refractivity contribution >= 4 is 17.7 Å². The van der Waals surface area contributed by atoms with Crippen LogP contribution in [-0.4, -0.2) is 60.2 Å². The van der Waals surface area contributed by atoms with Crippen LogP contribution in [0.1, 0.15) is 32.0 Å². The lowest BCUT2D eigenvalue weighted by atomic mass is 10.1. The summed E-state index contributed by atoms with van der Waals surface area (Å²) < 4.78 is 5.13. The highest BCUT2D eigenvalue weighted by atomic mass is 16.3. The van der Waals surface area contributed by atoms with Crippen molar-refractivity contribution in [1.82, 2.24) is 15.1 Å². The van der Waals surface area contributed by atoms with Crippen LogP contribution < -0.4 is 5.32 Å². The lowest BCUT2D eigenvalue weighted by Crippen LogP contribution is -2.52. The predicted octanol–water partition coefficient (Wildman–Crippen LogP) is 1.61. The van der Waals surface area contributed by atoms with Gasteiger partial charge in [0.15, 0.2) is 5.76 Å². The first kappa shape index (κ1) is 18.7. The summed E-state index contributed by atoms with van der Waals surface area (Å²) in [5.41, 5.74) is 2.69. The molecule has 0 unspecified atom stereocenters. The van der Waals surface area contributed by atoms with Crippen LogP contribution in [0.4, 0.5) is 0 Å². The molecule has 0 bridgehead atoms. The van der Waals surface area contributed by atoms with Crippen LogP contribution in [0.15, 0.2) is 41.0 Å². The van der Waals surface area contributed by atoms with Crippen LogP contribution in [0.25, 0.3) is 0 Å². The first-order valence-corrected chi connectivity index (χ1v) is 8.91. The largest absolute Gasteiger partial charge is 0.459 e. The fourth-order valence-corrected chi connectivity index (χ4v) is 2.97. The Labute approximate surface area is 157 Å². The zero-order valence-corrected chi connectivity index (χ0v) is 15.5. The maximum Gasteiger partial charge on any atom is 0.289 e. The van der Waals surface area contributed by atoms with Crippen LogP contribution in [0.2, 0.25) is 0 Å². The Morgan fingerprint density at radius 1 is 1.00 bits per heavy atom. The Morgan fingerprint density at radius 3 is 2.33 bits per heavy atom. The number of furan rings is 1. The topological polar surface area (TPSA) is 82.9 Å². The molecule has 2 heterocycles. The van der Waals surface area contributed by atoms with Gasteiger partial charge in [-0.3, -0.25) is 14.4 Å². The molecule has 3 amide bonds. The first-order valence-electron chi connectivity index (χ1n) is 8.91. The number of hydrogen-bond donors (Lipinski definition) is 1. The van der Waals surface area contributed by atoms with Gasteiger partial charge >= 0.3 is 0 Å². The number of hydrogen-bond acceptors (Lipinski definition) is 4. The van der Waals surface area contributed by atoms with Crippen molar-refractivity contribution in [3.05, 3.63) is 59.0 Å². The molecule has 2 aromatic rings. The molecule has 0 aliphatic carbocycles. The molecule has 1 aliphatic rings. The van der Waals surface area contributed by atoms with Crippen molar-refractivity contribution in [2.45, 2.75) is 13.8 Å². The summed E-state index contributed by atoms with van der Waals surface area (Å²) in [5, 5.41) is 2.67. The molecule has 0 spiro atoms. The molecule has 1 aromatic heterocycles. The summed E-state index contributed by atoms with van der Waals surface area (Å²) in [7, 11) is 0. The Hall–Kier alpha value is -3.09. The van der Waals surface area contributed by atoms with Gasteiger partial charge in [-0.15, -0.1) is 0 Å². The minimum atomic E-state index is -0.266. The van der Waals surface area contributed by atoms with Crippen LogP contribution in [0.5, 0.6) is 0 Å². The fraction of sp³-hybridized carbons (Fsp3) is 0.350. The molecule has 1 aromatic carbocycles. The molecule has 1 fully saturated rings. The SMILES string of the molecule is Cc1ccc(C(=O)NCC(=O)N2CCN(C(=O)c3ccco3)CC2)cc1C. The highest BCUT2D eigenvalue weighted by Crippen LogP contribution is 2.11. The molecular formula is C20H23N3O4. The van der Waals surface area contributed by atoms with E-state index in [1.54, 1.807) is 28.0 Å². The van der Waals surface area contributed by atoms with Gasteiger partial charge in [-0.05, 0) is 49.2 Å². The minimum Gasteiger partial charge on any atom is -0.459 e. The summed E-state index contributed by atoms with van der Waals surface area (Å²) in [6, 6.07) is 8.75. The number of piperazine rings is 1. The third kappa shape index (κ3) is 4.36. The van der Waals surface area contributed by atoms with Crippen molar-refractivity contribution in [3.63, 3.8) is 0 Å². The van der Waals surface area contributed by atoms with Gasteiger partial charge < -0.3 is 19.5 Å². The molecule has 3 rings (SSSR count). The molecule has 142 valence electrons. The summed E-state index contributed by atoms with van der Waals surface area (Å²) in [6.07, 6.45) is 1.46. The van der Waals surface area contributed by atoms with Crippen LogP contribution in [0, 0.1) is 13.8 Å². The van der Waals surface area contributed by atoms with Crippen LogP contribution in [-0.2, 0) is 4.79 Å². The molecule has 1 saturated heterocycles. The summed E-state index contributed by atoms with van der Waals surface area (Å²) >= 11 is 0. The second-order valence-electron chi connectivity index (χ2n) is 6.63. The number of aryl methyl sites for hydroxylation is 2. The average Bonchev–Trinajstić information content (AvgIpc) is 3.22. The lowest BCUT2D eigenvalue weighted by Gasteiger charge is -2.34. The van der Waals surface area contributed by atoms with E-state index >= 15 is 0 Å². The van der Waals surface area contributed by atoms with E-state index in [1.807, 2.05) is 26.0 Å². The van der Waals surface area contributed by atoms with Crippen molar-refractivity contribution in [2.24, 2.45) is 0 Å². The van der Waals surface area contributed by atoms with Crippen molar-refractivity contribution in [3.8, 4) is 0 Å². The Bertz CT molecular complexity index is 837. The zero-order chi connectivity index (χ0) is 19.4. The molecule has 0 radical (unpaired) electrons. The van der Waals surface area contributed by atoms with Gasteiger partial charge in [0.1, 0.15) is 0 Å². The Balaban J connectivity index is 1.47. The number of amides is 3. The fourth-order valence-electron chi connectivity index (χ4n) is 2.97. The van der Waals surface area contributed by atoms with Gasteiger partial charge in [0.2, 0.25) is 5.91 Å². The lowest BCUT2D eigenvalue weighted by molar-refractivity contribution is -0.131. The Kier molecular flexibility index (Phi) is 5.59. The predicted molar refractivity (Wildman–Crippen MR) is 99.4 cm³/mol.